The number of aromatic amines is 1. The summed E-state index contributed by atoms with van der Waals surface area (Å²) in [6.07, 6.45) is 4.84. The van der Waals surface area contributed by atoms with Gasteiger partial charge < -0.3 is 10.7 Å². The van der Waals surface area contributed by atoms with E-state index in [9.17, 15) is 9.65 Å². The SMILES string of the molecule is N#Cc1c(-c2ccnc(F)c2)sc(-c2cnc[nH]2)c1-c1ccc(Cl)cc1Cl.NC=O. The Balaban J connectivity index is 0.000000806. The second kappa shape index (κ2) is 9.50. The molecule has 0 atom stereocenters. The van der Waals surface area contributed by atoms with Crippen molar-refractivity contribution in [2.24, 2.45) is 5.73 Å². The summed E-state index contributed by atoms with van der Waals surface area (Å²) in [5.74, 6) is -0.612. The first-order valence-corrected chi connectivity index (χ1v) is 9.85. The molecule has 0 fully saturated rings. The van der Waals surface area contributed by atoms with Gasteiger partial charge in [0.25, 0.3) is 0 Å². The van der Waals surface area contributed by atoms with Gasteiger partial charge in [0.05, 0.1) is 33.5 Å². The molecule has 0 bridgehead atoms. The van der Waals surface area contributed by atoms with Crippen LogP contribution in [0.15, 0.2) is 49.1 Å². The van der Waals surface area contributed by atoms with Gasteiger partial charge in [-0.05, 0) is 23.8 Å². The van der Waals surface area contributed by atoms with Crippen LogP contribution in [0.4, 0.5) is 4.39 Å². The van der Waals surface area contributed by atoms with Crippen molar-refractivity contribution >= 4 is 40.9 Å². The average Bonchev–Trinajstić information content (AvgIpc) is 3.36. The number of nitrogens with two attached hydrogens (primary N) is 1. The molecule has 3 heterocycles. The number of carbonyl (C=O) groups excluding carboxylic acids is 1. The lowest BCUT2D eigenvalue weighted by atomic mass is 9.98. The van der Waals surface area contributed by atoms with E-state index in [4.69, 9.17) is 28.0 Å². The molecule has 0 spiro atoms. The van der Waals surface area contributed by atoms with Gasteiger partial charge in [-0.25, -0.2) is 9.97 Å². The molecule has 6 nitrogen and oxygen atoms in total. The number of rotatable bonds is 3. The highest BCUT2D eigenvalue weighted by molar-refractivity contribution is 7.19. The van der Waals surface area contributed by atoms with E-state index in [1.807, 2.05) is 0 Å². The van der Waals surface area contributed by atoms with Crippen molar-refractivity contribution in [3.05, 3.63) is 70.6 Å². The number of H-pyrrole nitrogens is 1. The van der Waals surface area contributed by atoms with Crippen LogP contribution in [-0.2, 0) is 4.79 Å². The Morgan fingerprint density at radius 2 is 2.00 bits per heavy atom. The van der Waals surface area contributed by atoms with E-state index in [0.29, 0.717) is 37.2 Å². The Morgan fingerprint density at radius 1 is 1.23 bits per heavy atom. The molecule has 1 aromatic carbocycles. The summed E-state index contributed by atoms with van der Waals surface area (Å²) in [7, 11) is 0. The number of nitrogens with zero attached hydrogens (tertiary/aromatic N) is 3. The highest BCUT2D eigenvalue weighted by Gasteiger charge is 2.24. The van der Waals surface area contributed by atoms with E-state index < -0.39 is 5.95 Å². The lowest BCUT2D eigenvalue weighted by molar-refractivity contribution is -0.106. The van der Waals surface area contributed by atoms with Crippen molar-refractivity contribution in [3.8, 4) is 38.2 Å². The Morgan fingerprint density at radius 3 is 2.60 bits per heavy atom. The predicted octanol–water partition coefficient (Wildman–Crippen LogP) is 5.29. The maximum absolute atomic E-state index is 13.7. The Labute approximate surface area is 184 Å². The molecule has 0 aliphatic carbocycles. The van der Waals surface area contributed by atoms with Gasteiger partial charge in [-0.3, -0.25) is 4.79 Å². The second-order valence-corrected chi connectivity index (χ2v) is 7.58. The molecule has 30 heavy (non-hydrogen) atoms. The molecule has 4 rings (SSSR count). The Hall–Kier alpha value is -3.25. The van der Waals surface area contributed by atoms with Crippen LogP contribution in [0.1, 0.15) is 5.56 Å². The van der Waals surface area contributed by atoms with Crippen LogP contribution in [0.3, 0.4) is 0 Å². The van der Waals surface area contributed by atoms with Crippen molar-refractivity contribution in [3.63, 3.8) is 0 Å². The number of thiophene rings is 1. The topological polar surface area (TPSA) is 108 Å². The van der Waals surface area contributed by atoms with Gasteiger partial charge in [-0.15, -0.1) is 11.3 Å². The maximum atomic E-state index is 13.7. The first-order valence-electron chi connectivity index (χ1n) is 8.28. The Bertz CT molecular complexity index is 1230. The molecule has 0 saturated heterocycles. The number of carbonyl (C=O) groups is 1. The fourth-order valence-electron chi connectivity index (χ4n) is 2.80. The molecule has 0 aliphatic heterocycles. The van der Waals surface area contributed by atoms with Crippen molar-refractivity contribution in [2.75, 3.05) is 0 Å². The number of hydrogen-bond donors (Lipinski definition) is 2. The number of primary amides is 1. The van der Waals surface area contributed by atoms with Gasteiger partial charge in [-0.2, -0.15) is 9.65 Å². The van der Waals surface area contributed by atoms with Crippen LogP contribution in [0.2, 0.25) is 10.0 Å². The summed E-state index contributed by atoms with van der Waals surface area (Å²) in [6, 6.07) is 10.3. The van der Waals surface area contributed by atoms with Gasteiger partial charge in [0.1, 0.15) is 6.07 Å². The van der Waals surface area contributed by atoms with Gasteiger partial charge >= 0.3 is 0 Å². The maximum Gasteiger partial charge on any atom is 0.213 e. The fraction of sp³-hybridized carbons (Fsp3) is 0. The summed E-state index contributed by atoms with van der Waals surface area (Å²) in [5.41, 5.74) is 7.19. The molecular formula is C20H12Cl2FN5OS. The van der Waals surface area contributed by atoms with Gasteiger partial charge in [0.2, 0.25) is 12.4 Å². The predicted molar refractivity (Wildman–Crippen MR) is 116 cm³/mol. The molecule has 0 aliphatic rings. The molecule has 1 amide bonds. The van der Waals surface area contributed by atoms with E-state index in [0.717, 1.165) is 10.6 Å². The summed E-state index contributed by atoms with van der Waals surface area (Å²) in [5, 5.41) is 10.8. The smallest absolute Gasteiger partial charge is 0.213 e. The van der Waals surface area contributed by atoms with E-state index >= 15 is 0 Å². The molecule has 4 aromatic rings. The van der Waals surface area contributed by atoms with Gasteiger partial charge in [-0.1, -0.05) is 29.3 Å². The minimum atomic E-state index is -0.612. The van der Waals surface area contributed by atoms with Crippen molar-refractivity contribution in [2.45, 2.75) is 0 Å². The lowest BCUT2D eigenvalue weighted by Gasteiger charge is -2.07. The number of halogens is 3. The van der Waals surface area contributed by atoms with E-state index in [-0.39, 0.29) is 6.41 Å². The van der Waals surface area contributed by atoms with Crippen molar-refractivity contribution in [1.29, 1.82) is 5.26 Å². The zero-order chi connectivity index (χ0) is 21.7. The third-order valence-electron chi connectivity index (χ3n) is 3.95. The summed E-state index contributed by atoms with van der Waals surface area (Å²) >= 11 is 13.8. The Kier molecular flexibility index (Phi) is 6.79. The minimum Gasteiger partial charge on any atom is -0.372 e. The van der Waals surface area contributed by atoms with E-state index in [1.54, 1.807) is 36.8 Å². The molecule has 0 saturated carbocycles. The molecule has 3 N–H and O–H groups in total. The number of nitrogens with one attached hydrogen (secondary N) is 1. The number of imidazole rings is 1. The van der Waals surface area contributed by atoms with Crippen LogP contribution in [0, 0.1) is 17.3 Å². The second-order valence-electron chi connectivity index (χ2n) is 5.71. The zero-order valence-corrected chi connectivity index (χ0v) is 17.4. The highest BCUT2D eigenvalue weighted by atomic mass is 35.5. The lowest BCUT2D eigenvalue weighted by Crippen LogP contribution is -1.87. The normalized spacial score (nSPS) is 10.1. The standard InChI is InChI=1S/C19H9Cl2FN4S.CH3NO/c20-11-1-2-12(14(21)6-11)17-13(7-23)18(10-3-4-25-16(22)5-10)27-19(17)15-8-24-9-26-15;2-1-3/h1-6,8-9H,(H,24,26);1H,(H2,2,3). The molecule has 10 heteroatoms. The molecule has 3 aromatic heterocycles. The van der Waals surface area contributed by atoms with Crippen LogP contribution in [-0.4, -0.2) is 21.4 Å². The molecule has 0 radical (unpaired) electrons. The zero-order valence-electron chi connectivity index (χ0n) is 15.1. The summed E-state index contributed by atoms with van der Waals surface area (Å²) in [6.45, 7) is 0. The molecular weight excluding hydrogens is 448 g/mol. The molecule has 0 unspecified atom stereocenters. The number of amides is 1. The third kappa shape index (κ3) is 4.33. The number of hydrogen-bond acceptors (Lipinski definition) is 5. The summed E-state index contributed by atoms with van der Waals surface area (Å²) in [4.78, 5) is 20.7. The van der Waals surface area contributed by atoms with Crippen LogP contribution < -0.4 is 5.73 Å². The van der Waals surface area contributed by atoms with Crippen LogP contribution in [0.5, 0.6) is 0 Å². The quantitative estimate of drug-likeness (QED) is 0.320. The van der Waals surface area contributed by atoms with E-state index in [1.165, 1.54) is 23.6 Å². The van der Waals surface area contributed by atoms with Gasteiger partial charge in [0, 0.05) is 33.4 Å². The largest absolute Gasteiger partial charge is 0.372 e. The number of nitriles is 1. The van der Waals surface area contributed by atoms with Crippen LogP contribution in [0.25, 0.3) is 32.1 Å². The summed E-state index contributed by atoms with van der Waals surface area (Å²) < 4.78 is 13.7. The number of aromatic nitrogens is 3. The first-order chi connectivity index (χ1) is 14.5. The van der Waals surface area contributed by atoms with Gasteiger partial charge in [0.15, 0.2) is 0 Å². The minimum absolute atomic E-state index is 0.250. The van der Waals surface area contributed by atoms with Crippen molar-refractivity contribution in [1.82, 2.24) is 15.0 Å². The molecule has 150 valence electrons. The van der Waals surface area contributed by atoms with Crippen molar-refractivity contribution < 1.29 is 9.18 Å². The third-order valence-corrected chi connectivity index (χ3v) is 5.77. The highest BCUT2D eigenvalue weighted by Crippen LogP contribution is 2.48. The average molecular weight is 460 g/mol. The van der Waals surface area contributed by atoms with Crippen LogP contribution >= 0.6 is 34.5 Å². The first kappa shape index (κ1) is 21.5. The monoisotopic (exact) mass is 459 g/mol. The number of pyridine rings is 1. The van der Waals surface area contributed by atoms with E-state index in [2.05, 4.69) is 26.8 Å². The number of benzene rings is 1. The fourth-order valence-corrected chi connectivity index (χ4v) is 4.54.